The quantitative estimate of drug-likeness (QED) is 0.763. The first-order valence-electron chi connectivity index (χ1n) is 7.37. The van der Waals surface area contributed by atoms with Crippen LogP contribution in [-0.2, 0) is 6.54 Å². The predicted molar refractivity (Wildman–Crippen MR) is 82.2 cm³/mol. The van der Waals surface area contributed by atoms with Gasteiger partial charge >= 0.3 is 6.03 Å². The van der Waals surface area contributed by atoms with Crippen LogP contribution in [-0.4, -0.2) is 41.4 Å². The second-order valence-electron chi connectivity index (χ2n) is 6.07. The van der Waals surface area contributed by atoms with Gasteiger partial charge in [-0.15, -0.1) is 0 Å². The standard InChI is InChI=1S/C15H24N4O2/c1-15(2,11-20)18-14(21)17-10-12-5-6-13(16-9-12)19-7-3-4-8-19/h5-6,9,20H,3-4,7-8,10-11H2,1-2H3,(H2,17,18,21). The third-order valence-electron chi connectivity index (χ3n) is 3.54. The van der Waals surface area contributed by atoms with Crippen LogP contribution in [0.3, 0.4) is 0 Å². The zero-order valence-electron chi connectivity index (χ0n) is 12.7. The summed E-state index contributed by atoms with van der Waals surface area (Å²) in [6.07, 6.45) is 4.25. The molecule has 0 atom stereocenters. The maximum atomic E-state index is 11.7. The number of aliphatic hydroxyl groups is 1. The smallest absolute Gasteiger partial charge is 0.315 e. The van der Waals surface area contributed by atoms with E-state index >= 15 is 0 Å². The predicted octanol–water partition coefficient (Wildman–Crippen LogP) is 1.25. The minimum Gasteiger partial charge on any atom is -0.394 e. The molecule has 1 fully saturated rings. The molecule has 21 heavy (non-hydrogen) atoms. The molecule has 0 bridgehead atoms. The Bertz CT molecular complexity index is 467. The molecule has 1 aromatic rings. The first-order chi connectivity index (χ1) is 10.00. The lowest BCUT2D eigenvalue weighted by molar-refractivity contribution is 0.182. The SMILES string of the molecule is CC(C)(CO)NC(=O)NCc1ccc(N2CCCC2)nc1. The van der Waals surface area contributed by atoms with Crippen molar-refractivity contribution in [3.05, 3.63) is 23.9 Å². The summed E-state index contributed by atoms with van der Waals surface area (Å²) in [5.41, 5.74) is 0.331. The molecule has 6 heteroatoms. The van der Waals surface area contributed by atoms with Crippen molar-refractivity contribution in [3.63, 3.8) is 0 Å². The van der Waals surface area contributed by atoms with Crippen LogP contribution >= 0.6 is 0 Å². The van der Waals surface area contributed by atoms with E-state index in [1.165, 1.54) is 12.8 Å². The lowest BCUT2D eigenvalue weighted by Gasteiger charge is -2.23. The summed E-state index contributed by atoms with van der Waals surface area (Å²) in [7, 11) is 0. The molecule has 6 nitrogen and oxygen atoms in total. The Morgan fingerprint density at radius 1 is 1.38 bits per heavy atom. The molecule has 2 rings (SSSR count). The largest absolute Gasteiger partial charge is 0.394 e. The zero-order valence-corrected chi connectivity index (χ0v) is 12.7. The van der Waals surface area contributed by atoms with Gasteiger partial charge in [-0.2, -0.15) is 0 Å². The Morgan fingerprint density at radius 2 is 2.10 bits per heavy atom. The summed E-state index contributed by atoms with van der Waals surface area (Å²) >= 11 is 0. The maximum Gasteiger partial charge on any atom is 0.315 e. The van der Waals surface area contributed by atoms with Gasteiger partial charge in [-0.1, -0.05) is 6.07 Å². The van der Waals surface area contributed by atoms with Crippen molar-refractivity contribution in [1.29, 1.82) is 0 Å². The topological polar surface area (TPSA) is 77.5 Å². The third-order valence-corrected chi connectivity index (χ3v) is 3.54. The number of nitrogens with zero attached hydrogens (tertiary/aromatic N) is 2. The molecule has 0 unspecified atom stereocenters. The summed E-state index contributed by atoms with van der Waals surface area (Å²) in [4.78, 5) is 18.4. The average molecular weight is 292 g/mol. The van der Waals surface area contributed by atoms with E-state index in [-0.39, 0.29) is 12.6 Å². The van der Waals surface area contributed by atoms with E-state index in [9.17, 15) is 4.79 Å². The van der Waals surface area contributed by atoms with Gasteiger partial charge < -0.3 is 20.6 Å². The monoisotopic (exact) mass is 292 g/mol. The number of pyridine rings is 1. The van der Waals surface area contributed by atoms with Gasteiger partial charge in [0.1, 0.15) is 5.82 Å². The zero-order chi connectivity index (χ0) is 15.3. The molecular formula is C15H24N4O2. The Labute approximate surface area is 125 Å². The second kappa shape index (κ2) is 6.76. The normalized spacial score (nSPS) is 15.1. The number of hydrogen-bond donors (Lipinski definition) is 3. The number of rotatable bonds is 5. The number of amides is 2. The van der Waals surface area contributed by atoms with Crippen LogP contribution in [0, 0.1) is 0 Å². The third kappa shape index (κ3) is 4.60. The number of aliphatic hydroxyl groups excluding tert-OH is 1. The fourth-order valence-corrected chi connectivity index (χ4v) is 2.23. The van der Waals surface area contributed by atoms with Gasteiger partial charge in [-0.3, -0.25) is 0 Å². The van der Waals surface area contributed by atoms with Crippen LogP contribution in [0.25, 0.3) is 0 Å². The van der Waals surface area contributed by atoms with E-state index in [1.807, 2.05) is 12.1 Å². The molecule has 0 aromatic carbocycles. The van der Waals surface area contributed by atoms with Gasteiger partial charge in [0.05, 0.1) is 12.1 Å². The lowest BCUT2D eigenvalue weighted by Crippen LogP contribution is -2.50. The molecule has 1 aliphatic heterocycles. The summed E-state index contributed by atoms with van der Waals surface area (Å²) in [5, 5.41) is 14.6. The molecule has 1 aromatic heterocycles. The minimum absolute atomic E-state index is 0.105. The van der Waals surface area contributed by atoms with Crippen molar-refractivity contribution in [2.45, 2.75) is 38.8 Å². The second-order valence-corrected chi connectivity index (χ2v) is 6.07. The van der Waals surface area contributed by atoms with Crippen molar-refractivity contribution in [3.8, 4) is 0 Å². The van der Waals surface area contributed by atoms with Crippen molar-refractivity contribution in [2.24, 2.45) is 0 Å². The number of nitrogens with one attached hydrogen (secondary N) is 2. The van der Waals surface area contributed by atoms with Gasteiger partial charge in [0.15, 0.2) is 0 Å². The Kier molecular flexibility index (Phi) is 5.01. The fraction of sp³-hybridized carbons (Fsp3) is 0.600. The van der Waals surface area contributed by atoms with E-state index in [2.05, 4.69) is 20.5 Å². The van der Waals surface area contributed by atoms with Crippen LogP contribution in [0.15, 0.2) is 18.3 Å². The average Bonchev–Trinajstić information content (AvgIpc) is 2.99. The number of carbonyl (C=O) groups is 1. The first-order valence-corrected chi connectivity index (χ1v) is 7.37. The van der Waals surface area contributed by atoms with E-state index in [1.54, 1.807) is 20.0 Å². The van der Waals surface area contributed by atoms with Gasteiger partial charge in [0.2, 0.25) is 0 Å². The van der Waals surface area contributed by atoms with Crippen LogP contribution in [0.5, 0.6) is 0 Å². The lowest BCUT2D eigenvalue weighted by atomic mass is 10.1. The fourth-order valence-electron chi connectivity index (χ4n) is 2.23. The molecule has 0 radical (unpaired) electrons. The molecule has 3 N–H and O–H groups in total. The van der Waals surface area contributed by atoms with Crippen molar-refractivity contribution in [2.75, 3.05) is 24.6 Å². The molecule has 1 aliphatic rings. The highest BCUT2D eigenvalue weighted by Crippen LogP contribution is 2.17. The van der Waals surface area contributed by atoms with Crippen LogP contribution in [0.4, 0.5) is 10.6 Å². The number of anilines is 1. The van der Waals surface area contributed by atoms with Crippen LogP contribution in [0.2, 0.25) is 0 Å². The van der Waals surface area contributed by atoms with Gasteiger partial charge in [0.25, 0.3) is 0 Å². The number of hydrogen-bond acceptors (Lipinski definition) is 4. The Hall–Kier alpha value is -1.82. The molecule has 0 aliphatic carbocycles. The van der Waals surface area contributed by atoms with Crippen molar-refractivity contribution < 1.29 is 9.90 Å². The molecule has 0 spiro atoms. The summed E-state index contributed by atoms with van der Waals surface area (Å²) < 4.78 is 0. The van der Waals surface area contributed by atoms with Crippen molar-refractivity contribution in [1.82, 2.24) is 15.6 Å². The minimum atomic E-state index is -0.623. The molecule has 0 saturated carbocycles. The van der Waals surface area contributed by atoms with Gasteiger partial charge in [-0.05, 0) is 38.3 Å². The first kappa shape index (κ1) is 15.6. The number of urea groups is 1. The Morgan fingerprint density at radius 3 is 2.67 bits per heavy atom. The summed E-state index contributed by atoms with van der Waals surface area (Å²) in [5.74, 6) is 1.00. The van der Waals surface area contributed by atoms with Gasteiger partial charge in [0, 0.05) is 25.8 Å². The summed E-state index contributed by atoms with van der Waals surface area (Å²) in [6, 6.07) is 3.69. The van der Waals surface area contributed by atoms with Gasteiger partial charge in [-0.25, -0.2) is 9.78 Å². The highest BCUT2D eigenvalue weighted by molar-refractivity contribution is 5.74. The van der Waals surface area contributed by atoms with E-state index in [0.717, 1.165) is 24.5 Å². The van der Waals surface area contributed by atoms with E-state index in [4.69, 9.17) is 5.11 Å². The molecule has 2 amide bonds. The van der Waals surface area contributed by atoms with Crippen LogP contribution < -0.4 is 15.5 Å². The molecule has 116 valence electrons. The highest BCUT2D eigenvalue weighted by atomic mass is 16.3. The maximum absolute atomic E-state index is 11.7. The van der Waals surface area contributed by atoms with E-state index in [0.29, 0.717) is 6.54 Å². The molecule has 1 saturated heterocycles. The highest BCUT2D eigenvalue weighted by Gasteiger charge is 2.18. The van der Waals surface area contributed by atoms with E-state index < -0.39 is 5.54 Å². The number of aromatic nitrogens is 1. The summed E-state index contributed by atoms with van der Waals surface area (Å²) in [6.45, 7) is 5.98. The Balaban J connectivity index is 1.82. The van der Waals surface area contributed by atoms with Crippen molar-refractivity contribution >= 4 is 11.8 Å². The molecular weight excluding hydrogens is 268 g/mol. The van der Waals surface area contributed by atoms with Crippen LogP contribution in [0.1, 0.15) is 32.3 Å². The number of carbonyl (C=O) groups excluding carboxylic acids is 1. The molecule has 2 heterocycles.